The van der Waals surface area contributed by atoms with Crippen molar-refractivity contribution in [1.29, 1.82) is 0 Å². The van der Waals surface area contributed by atoms with E-state index in [1.165, 1.54) is 37.7 Å². The van der Waals surface area contributed by atoms with E-state index in [1.54, 1.807) is 11.1 Å². The summed E-state index contributed by atoms with van der Waals surface area (Å²) in [5.74, 6) is 1.85. The second-order valence-corrected chi connectivity index (χ2v) is 8.45. The van der Waals surface area contributed by atoms with Crippen LogP contribution in [0.2, 0.25) is 0 Å². The zero-order valence-corrected chi connectivity index (χ0v) is 14.1. The molecule has 4 aliphatic carbocycles. The Kier molecular flexibility index (Phi) is 2.90. The fourth-order valence-corrected chi connectivity index (χ4v) is 6.56. The van der Waals surface area contributed by atoms with E-state index in [2.05, 4.69) is 19.1 Å². The molecule has 122 valence electrons. The van der Waals surface area contributed by atoms with Gasteiger partial charge in [0.2, 0.25) is 0 Å². The molecule has 0 radical (unpaired) electrons. The molecule has 1 aliphatic heterocycles. The number of fused-ring (bicyclic) bond motifs is 5. The SMILES string of the molecule is C[C@]12CCC3=C4CCC(=O)C=C4CC[C@H]3[C@@H]1CCC21C=CCO1. The lowest BCUT2D eigenvalue weighted by Gasteiger charge is -2.51. The normalized spacial score (nSPS) is 45.1. The summed E-state index contributed by atoms with van der Waals surface area (Å²) in [4.78, 5) is 11.8. The minimum absolute atomic E-state index is 0.0203. The molecular formula is C21H26O2. The Morgan fingerprint density at radius 2 is 2.04 bits per heavy atom. The number of carbonyl (C=O) groups excluding carboxylic acids is 1. The highest BCUT2D eigenvalue weighted by Gasteiger charge is 2.61. The number of ketones is 1. The summed E-state index contributed by atoms with van der Waals surface area (Å²) in [6.45, 7) is 3.30. The van der Waals surface area contributed by atoms with Gasteiger partial charge in [-0.15, -0.1) is 0 Å². The minimum atomic E-state index is 0.0203. The summed E-state index contributed by atoms with van der Waals surface area (Å²) in [5.41, 5.74) is 5.00. The van der Waals surface area contributed by atoms with Crippen LogP contribution in [0.25, 0.3) is 0 Å². The van der Waals surface area contributed by atoms with E-state index in [1.807, 2.05) is 6.08 Å². The van der Waals surface area contributed by atoms with Crippen molar-refractivity contribution in [3.63, 3.8) is 0 Å². The van der Waals surface area contributed by atoms with Crippen LogP contribution in [0.15, 0.2) is 34.9 Å². The van der Waals surface area contributed by atoms with Gasteiger partial charge in [0.25, 0.3) is 0 Å². The first kappa shape index (κ1) is 14.2. The molecule has 23 heavy (non-hydrogen) atoms. The zero-order chi connectivity index (χ0) is 15.7. The third-order valence-electron chi connectivity index (χ3n) is 7.74. The zero-order valence-electron chi connectivity index (χ0n) is 14.1. The Hall–Kier alpha value is -1.15. The largest absolute Gasteiger partial charge is 0.366 e. The quantitative estimate of drug-likeness (QED) is 0.615. The Morgan fingerprint density at radius 1 is 1.13 bits per heavy atom. The number of carbonyl (C=O) groups is 1. The summed E-state index contributed by atoms with van der Waals surface area (Å²) in [5, 5.41) is 0. The van der Waals surface area contributed by atoms with Crippen LogP contribution in [0.4, 0.5) is 0 Å². The van der Waals surface area contributed by atoms with Crippen molar-refractivity contribution in [2.24, 2.45) is 17.3 Å². The van der Waals surface area contributed by atoms with Crippen LogP contribution in [0, 0.1) is 17.3 Å². The lowest BCUT2D eigenvalue weighted by molar-refractivity contribution is -0.114. The molecule has 4 atom stereocenters. The molecule has 1 heterocycles. The topological polar surface area (TPSA) is 26.3 Å². The maximum atomic E-state index is 11.8. The van der Waals surface area contributed by atoms with E-state index in [-0.39, 0.29) is 5.60 Å². The van der Waals surface area contributed by atoms with Gasteiger partial charge in [0.1, 0.15) is 0 Å². The van der Waals surface area contributed by atoms with E-state index in [9.17, 15) is 4.79 Å². The first-order chi connectivity index (χ1) is 11.1. The minimum Gasteiger partial charge on any atom is -0.366 e. The molecule has 0 bridgehead atoms. The third kappa shape index (κ3) is 1.76. The van der Waals surface area contributed by atoms with Crippen LogP contribution in [0.5, 0.6) is 0 Å². The van der Waals surface area contributed by atoms with Crippen molar-refractivity contribution in [3.05, 3.63) is 34.9 Å². The summed E-state index contributed by atoms with van der Waals surface area (Å²) < 4.78 is 6.29. The Balaban J connectivity index is 1.55. The monoisotopic (exact) mass is 310 g/mol. The van der Waals surface area contributed by atoms with E-state index < -0.39 is 0 Å². The first-order valence-electron chi connectivity index (χ1n) is 9.40. The second kappa shape index (κ2) is 4.69. The summed E-state index contributed by atoms with van der Waals surface area (Å²) >= 11 is 0. The highest BCUT2D eigenvalue weighted by Crippen LogP contribution is 2.65. The van der Waals surface area contributed by atoms with Crippen molar-refractivity contribution in [1.82, 2.24) is 0 Å². The fraction of sp³-hybridized carbons (Fsp3) is 0.667. The van der Waals surface area contributed by atoms with Crippen LogP contribution < -0.4 is 0 Å². The molecule has 0 aromatic carbocycles. The average molecular weight is 310 g/mol. The molecular weight excluding hydrogens is 284 g/mol. The molecule has 0 aromatic heterocycles. The van der Waals surface area contributed by atoms with E-state index in [0.717, 1.165) is 37.7 Å². The Morgan fingerprint density at radius 3 is 2.87 bits per heavy atom. The van der Waals surface area contributed by atoms with Gasteiger partial charge >= 0.3 is 0 Å². The molecule has 0 saturated heterocycles. The van der Waals surface area contributed by atoms with Crippen molar-refractivity contribution in [2.45, 2.75) is 63.9 Å². The third-order valence-corrected chi connectivity index (χ3v) is 7.74. The van der Waals surface area contributed by atoms with E-state index in [4.69, 9.17) is 4.74 Å². The Labute approximate surface area is 138 Å². The molecule has 1 spiro atoms. The van der Waals surface area contributed by atoms with Gasteiger partial charge in [0.15, 0.2) is 5.78 Å². The van der Waals surface area contributed by atoms with Gasteiger partial charge in [-0.05, 0) is 74.0 Å². The van der Waals surface area contributed by atoms with Gasteiger partial charge in [-0.25, -0.2) is 0 Å². The molecule has 2 saturated carbocycles. The Bertz CT molecular complexity index is 667. The number of ether oxygens (including phenoxy) is 1. The van der Waals surface area contributed by atoms with Crippen molar-refractivity contribution < 1.29 is 9.53 Å². The lowest BCUT2D eigenvalue weighted by atomic mass is 9.55. The number of allylic oxidation sites excluding steroid dienone is 4. The molecule has 2 fully saturated rings. The predicted molar refractivity (Wildman–Crippen MR) is 90.0 cm³/mol. The standard InChI is InChI=1S/C21H26O2/c1-20-10-7-17-16-6-4-15(22)13-14(16)3-5-18(17)19(20)8-11-21(20)9-2-12-23-21/h2,9,13,18-19H,3-8,10-12H2,1H3/t18-,19+,20+,21?/m1/s1. The fourth-order valence-electron chi connectivity index (χ4n) is 6.56. The molecule has 2 nitrogen and oxygen atoms in total. The van der Waals surface area contributed by atoms with Gasteiger partial charge in [0, 0.05) is 11.8 Å². The van der Waals surface area contributed by atoms with Crippen molar-refractivity contribution in [3.8, 4) is 0 Å². The predicted octanol–water partition coefficient (Wildman–Crippen LogP) is 4.52. The highest BCUT2D eigenvalue weighted by molar-refractivity contribution is 5.93. The van der Waals surface area contributed by atoms with Gasteiger partial charge < -0.3 is 4.74 Å². The van der Waals surface area contributed by atoms with Crippen LogP contribution in [0.3, 0.4) is 0 Å². The maximum Gasteiger partial charge on any atom is 0.156 e. The molecule has 5 rings (SSSR count). The summed E-state index contributed by atoms with van der Waals surface area (Å²) in [7, 11) is 0. The van der Waals surface area contributed by atoms with Crippen molar-refractivity contribution >= 4 is 5.78 Å². The van der Waals surface area contributed by atoms with Gasteiger partial charge in [-0.3, -0.25) is 4.79 Å². The second-order valence-electron chi connectivity index (χ2n) is 8.45. The molecule has 5 aliphatic rings. The maximum absolute atomic E-state index is 11.8. The lowest BCUT2D eigenvalue weighted by Crippen LogP contribution is -2.49. The van der Waals surface area contributed by atoms with Crippen LogP contribution in [-0.4, -0.2) is 18.0 Å². The number of hydrogen-bond acceptors (Lipinski definition) is 2. The smallest absolute Gasteiger partial charge is 0.156 e. The van der Waals surface area contributed by atoms with Crippen LogP contribution in [0.1, 0.15) is 58.3 Å². The number of rotatable bonds is 0. The van der Waals surface area contributed by atoms with Gasteiger partial charge in [0.05, 0.1) is 12.2 Å². The van der Waals surface area contributed by atoms with Crippen LogP contribution >= 0.6 is 0 Å². The van der Waals surface area contributed by atoms with Gasteiger partial charge in [-0.2, -0.15) is 0 Å². The van der Waals surface area contributed by atoms with Crippen LogP contribution in [-0.2, 0) is 9.53 Å². The molecule has 1 unspecified atom stereocenters. The van der Waals surface area contributed by atoms with E-state index >= 15 is 0 Å². The van der Waals surface area contributed by atoms with Gasteiger partial charge in [-0.1, -0.05) is 24.6 Å². The molecule has 0 amide bonds. The molecule has 0 N–H and O–H groups in total. The van der Waals surface area contributed by atoms with E-state index in [0.29, 0.717) is 11.2 Å². The van der Waals surface area contributed by atoms with Crippen molar-refractivity contribution in [2.75, 3.05) is 6.61 Å². The summed E-state index contributed by atoms with van der Waals surface area (Å²) in [6.07, 6.45) is 15.6. The summed E-state index contributed by atoms with van der Waals surface area (Å²) in [6, 6.07) is 0. The average Bonchev–Trinajstić information content (AvgIpc) is 3.14. The number of hydrogen-bond donors (Lipinski definition) is 0. The molecule has 0 aromatic rings. The first-order valence-corrected chi connectivity index (χ1v) is 9.40. The highest BCUT2D eigenvalue weighted by atomic mass is 16.5. The molecule has 2 heteroatoms.